The number of hydrogen-bond donors (Lipinski definition) is 0. The molecule has 0 aromatic rings. The van der Waals surface area contributed by atoms with E-state index in [4.69, 9.17) is 9.47 Å². The number of fused-ring (bicyclic) bond motifs is 1. The van der Waals surface area contributed by atoms with Gasteiger partial charge in [0, 0.05) is 18.9 Å². The molecule has 0 saturated heterocycles. The minimum atomic E-state index is -0.192. The fraction of sp³-hybridized carbons (Fsp3) is 0.786. The third kappa shape index (κ3) is 2.45. The normalized spacial score (nSPS) is 39.8. The van der Waals surface area contributed by atoms with Crippen LogP contribution in [-0.4, -0.2) is 30.7 Å². The maximum absolute atomic E-state index is 11.6. The second-order valence-electron chi connectivity index (χ2n) is 5.69. The summed E-state index contributed by atoms with van der Waals surface area (Å²) in [6.07, 6.45) is 6.25. The number of methoxy groups -OCH3 is 1. The number of Topliss-reactive ketones (excluding diaryl/α,β-unsaturated/α-hetero) is 1. The smallest absolute Gasteiger partial charge is 0.135 e. The van der Waals surface area contributed by atoms with Crippen LogP contribution >= 0.6 is 0 Å². The summed E-state index contributed by atoms with van der Waals surface area (Å²) in [5.74, 6) is 0.472. The lowest BCUT2D eigenvalue weighted by Gasteiger charge is -2.45. The molecule has 96 valence electrons. The quantitative estimate of drug-likeness (QED) is 0.693. The highest BCUT2D eigenvalue weighted by Gasteiger charge is 2.44. The van der Waals surface area contributed by atoms with Gasteiger partial charge in [-0.2, -0.15) is 0 Å². The summed E-state index contributed by atoms with van der Waals surface area (Å²) in [5.41, 5.74) is -0.192. The molecular weight excluding hydrogens is 216 g/mol. The van der Waals surface area contributed by atoms with E-state index >= 15 is 0 Å². The first kappa shape index (κ1) is 12.8. The summed E-state index contributed by atoms with van der Waals surface area (Å²) >= 11 is 0. The van der Waals surface area contributed by atoms with Gasteiger partial charge in [0.1, 0.15) is 5.78 Å². The van der Waals surface area contributed by atoms with E-state index in [2.05, 4.69) is 26.0 Å². The lowest BCUT2D eigenvalue weighted by molar-refractivity contribution is -0.149. The average Bonchev–Trinajstić information content (AvgIpc) is 2.25. The predicted octanol–water partition coefficient (Wildman–Crippen LogP) is 2.35. The second-order valence-corrected chi connectivity index (χ2v) is 5.69. The van der Waals surface area contributed by atoms with Crippen molar-refractivity contribution >= 4 is 5.78 Å². The zero-order chi connectivity index (χ0) is 12.6. The molecule has 4 atom stereocenters. The highest BCUT2D eigenvalue weighted by molar-refractivity contribution is 5.79. The Balaban J connectivity index is 2.22. The highest BCUT2D eigenvalue weighted by Crippen LogP contribution is 2.39. The van der Waals surface area contributed by atoms with Gasteiger partial charge in [-0.15, -0.1) is 0 Å². The number of ketones is 1. The van der Waals surface area contributed by atoms with Crippen LogP contribution in [0.4, 0.5) is 0 Å². The van der Waals surface area contributed by atoms with Crippen LogP contribution in [0.2, 0.25) is 0 Å². The van der Waals surface area contributed by atoms with E-state index in [0.29, 0.717) is 0 Å². The average molecular weight is 238 g/mol. The Morgan fingerprint density at radius 1 is 1.41 bits per heavy atom. The van der Waals surface area contributed by atoms with Crippen LogP contribution in [-0.2, 0) is 14.3 Å². The molecule has 1 aliphatic carbocycles. The Morgan fingerprint density at radius 2 is 2.12 bits per heavy atom. The molecule has 0 bridgehead atoms. The lowest BCUT2D eigenvalue weighted by atomic mass is 9.73. The molecule has 1 heterocycles. The van der Waals surface area contributed by atoms with E-state index in [1.165, 1.54) is 0 Å². The molecule has 2 rings (SSSR count). The number of rotatable bonds is 2. The fourth-order valence-corrected chi connectivity index (χ4v) is 3.08. The third-order valence-corrected chi connectivity index (χ3v) is 3.94. The van der Waals surface area contributed by atoms with Gasteiger partial charge in [0.25, 0.3) is 0 Å². The maximum atomic E-state index is 11.6. The molecule has 1 saturated carbocycles. The molecule has 1 aliphatic heterocycles. The molecule has 2 aliphatic rings. The first-order valence-corrected chi connectivity index (χ1v) is 6.35. The van der Waals surface area contributed by atoms with Crippen molar-refractivity contribution in [3.63, 3.8) is 0 Å². The van der Waals surface area contributed by atoms with E-state index in [0.717, 1.165) is 12.8 Å². The lowest BCUT2D eigenvalue weighted by Crippen LogP contribution is -2.50. The number of hydrogen-bond acceptors (Lipinski definition) is 3. The van der Waals surface area contributed by atoms with Crippen LogP contribution in [0.15, 0.2) is 12.2 Å². The molecule has 0 aromatic heterocycles. The Bertz CT molecular complexity index is 332. The molecular formula is C14H22O3. The summed E-state index contributed by atoms with van der Waals surface area (Å²) in [7, 11) is 1.69. The van der Waals surface area contributed by atoms with Crippen molar-refractivity contribution in [1.82, 2.24) is 0 Å². The first-order chi connectivity index (χ1) is 7.94. The van der Waals surface area contributed by atoms with Crippen molar-refractivity contribution in [3.8, 4) is 0 Å². The minimum Gasteiger partial charge on any atom is -0.380 e. The molecule has 3 heteroatoms. The van der Waals surface area contributed by atoms with Crippen LogP contribution in [0.3, 0.4) is 0 Å². The topological polar surface area (TPSA) is 35.5 Å². The fourth-order valence-electron chi connectivity index (χ4n) is 3.08. The molecule has 0 N–H and O–H groups in total. The SMILES string of the molecule is COC1C(C(C)=O)CCC2OC(C)(C)C=CC21. The standard InChI is InChI=1S/C14H22O3/c1-9(15)10-5-6-12-11(13(10)16-4)7-8-14(2,3)17-12/h7-8,10-13H,5-6H2,1-4H3. The third-order valence-electron chi connectivity index (χ3n) is 3.94. The summed E-state index contributed by atoms with van der Waals surface area (Å²) in [4.78, 5) is 11.6. The van der Waals surface area contributed by atoms with Crippen molar-refractivity contribution in [2.45, 2.75) is 51.4 Å². The maximum Gasteiger partial charge on any atom is 0.135 e. The molecule has 17 heavy (non-hydrogen) atoms. The van der Waals surface area contributed by atoms with Gasteiger partial charge in [-0.25, -0.2) is 0 Å². The summed E-state index contributed by atoms with van der Waals surface area (Å²) in [6, 6.07) is 0. The van der Waals surface area contributed by atoms with Gasteiger partial charge >= 0.3 is 0 Å². The monoisotopic (exact) mass is 238 g/mol. The van der Waals surface area contributed by atoms with Gasteiger partial charge in [-0.3, -0.25) is 4.79 Å². The van der Waals surface area contributed by atoms with Gasteiger partial charge < -0.3 is 9.47 Å². The van der Waals surface area contributed by atoms with Gasteiger partial charge in [0.15, 0.2) is 0 Å². The van der Waals surface area contributed by atoms with Gasteiger partial charge in [-0.05, 0) is 33.6 Å². The van der Waals surface area contributed by atoms with Crippen molar-refractivity contribution in [3.05, 3.63) is 12.2 Å². The van der Waals surface area contributed by atoms with Gasteiger partial charge in [0.2, 0.25) is 0 Å². The van der Waals surface area contributed by atoms with E-state index in [9.17, 15) is 4.79 Å². The van der Waals surface area contributed by atoms with Crippen LogP contribution in [0, 0.1) is 11.8 Å². The highest BCUT2D eigenvalue weighted by atomic mass is 16.5. The van der Waals surface area contributed by atoms with Crippen LogP contribution in [0.5, 0.6) is 0 Å². The number of ether oxygens (including phenoxy) is 2. The molecule has 0 spiro atoms. The van der Waals surface area contributed by atoms with Crippen LogP contribution in [0.1, 0.15) is 33.6 Å². The van der Waals surface area contributed by atoms with Crippen molar-refractivity contribution < 1.29 is 14.3 Å². The number of carbonyl (C=O) groups is 1. The minimum absolute atomic E-state index is 0.0238. The summed E-state index contributed by atoms with van der Waals surface area (Å²) in [5, 5.41) is 0. The van der Waals surface area contributed by atoms with Crippen LogP contribution in [0.25, 0.3) is 0 Å². The van der Waals surface area contributed by atoms with E-state index in [1.54, 1.807) is 14.0 Å². The summed E-state index contributed by atoms with van der Waals surface area (Å²) in [6.45, 7) is 5.80. The second kappa shape index (κ2) is 4.54. The molecule has 1 fully saturated rings. The van der Waals surface area contributed by atoms with Crippen molar-refractivity contribution in [2.75, 3.05) is 7.11 Å². The molecule has 0 radical (unpaired) electrons. The van der Waals surface area contributed by atoms with Gasteiger partial charge in [-0.1, -0.05) is 12.2 Å². The van der Waals surface area contributed by atoms with E-state index < -0.39 is 0 Å². The van der Waals surface area contributed by atoms with E-state index in [-0.39, 0.29) is 35.4 Å². The Labute approximate surface area is 103 Å². The van der Waals surface area contributed by atoms with E-state index in [1.807, 2.05) is 0 Å². The van der Waals surface area contributed by atoms with Crippen molar-refractivity contribution in [2.24, 2.45) is 11.8 Å². The van der Waals surface area contributed by atoms with Crippen molar-refractivity contribution in [1.29, 1.82) is 0 Å². The molecule has 4 unspecified atom stereocenters. The molecule has 3 nitrogen and oxygen atoms in total. The predicted molar refractivity (Wildman–Crippen MR) is 65.8 cm³/mol. The molecule has 0 amide bonds. The Kier molecular flexibility index (Phi) is 3.41. The zero-order valence-electron chi connectivity index (χ0n) is 11.1. The Morgan fingerprint density at radius 3 is 2.71 bits per heavy atom. The zero-order valence-corrected chi connectivity index (χ0v) is 11.1. The Hall–Kier alpha value is -0.670. The number of carbonyl (C=O) groups excluding carboxylic acids is 1. The molecule has 0 aromatic carbocycles. The van der Waals surface area contributed by atoms with Crippen LogP contribution < -0.4 is 0 Å². The van der Waals surface area contributed by atoms with Gasteiger partial charge in [0.05, 0.1) is 17.8 Å². The summed E-state index contributed by atoms with van der Waals surface area (Å²) < 4.78 is 11.6. The largest absolute Gasteiger partial charge is 0.380 e. The first-order valence-electron chi connectivity index (χ1n) is 6.35.